The quantitative estimate of drug-likeness (QED) is 0.214. The van der Waals surface area contributed by atoms with Crippen molar-refractivity contribution in [2.75, 3.05) is 43.8 Å². The Balaban J connectivity index is 1.10. The number of urea groups is 2. The number of carboxylic acid groups (broad SMARTS) is 1. The number of benzene rings is 3. The number of nitrogen functional groups attached to an aromatic ring is 1. The van der Waals surface area contributed by atoms with Crippen LogP contribution in [0, 0.1) is 0 Å². The summed E-state index contributed by atoms with van der Waals surface area (Å²) in [7, 11) is 0. The molecule has 0 bridgehead atoms. The van der Waals surface area contributed by atoms with Crippen molar-refractivity contribution in [1.29, 1.82) is 0 Å². The molecule has 3 aromatic rings. The van der Waals surface area contributed by atoms with E-state index in [4.69, 9.17) is 5.73 Å². The van der Waals surface area contributed by atoms with Crippen LogP contribution in [0.2, 0.25) is 0 Å². The first-order valence-corrected chi connectivity index (χ1v) is 18.2. The van der Waals surface area contributed by atoms with Crippen molar-refractivity contribution in [1.82, 2.24) is 20.0 Å². The van der Waals surface area contributed by atoms with Gasteiger partial charge in [0, 0.05) is 59.8 Å². The maximum Gasteiger partial charge on any atom is 0.335 e. The Kier molecular flexibility index (Phi) is 10.8. The van der Waals surface area contributed by atoms with E-state index in [1.807, 2.05) is 47.4 Å². The van der Waals surface area contributed by atoms with Crippen LogP contribution in [0.3, 0.4) is 0 Å². The van der Waals surface area contributed by atoms with Gasteiger partial charge in [-0.15, -0.1) is 0 Å². The number of piperidine rings is 2. The number of halogens is 2. The molecule has 0 aliphatic carbocycles. The van der Waals surface area contributed by atoms with Gasteiger partial charge in [0.05, 0.1) is 11.3 Å². The molecular formula is C36H40Br2N6O5. The molecule has 11 nitrogen and oxygen atoms in total. The predicted molar refractivity (Wildman–Crippen MR) is 195 cm³/mol. The van der Waals surface area contributed by atoms with E-state index in [2.05, 4.69) is 42.5 Å². The first kappa shape index (κ1) is 34.8. The number of nitrogens with one attached hydrogen (secondary N) is 2. The number of nitrogens with zero attached hydrogens (tertiary/aromatic N) is 3. The number of anilines is 2. The number of hydrogen-bond acceptors (Lipinski definition) is 5. The SMILES string of the molecule is Nc1c(Br)cc(C[C@@H](NC(=O)N2CCC(N3CCc4ccccc4NC3=O)CC2)C(=O)N2CCC(c3cccc(C(=O)O)c3)CC2)cc1Br. The summed E-state index contributed by atoms with van der Waals surface area (Å²) in [5.41, 5.74) is 10.7. The summed E-state index contributed by atoms with van der Waals surface area (Å²) in [4.78, 5) is 57.8. The Morgan fingerprint density at radius 2 is 1.57 bits per heavy atom. The van der Waals surface area contributed by atoms with Crippen molar-refractivity contribution < 1.29 is 24.3 Å². The molecule has 49 heavy (non-hydrogen) atoms. The van der Waals surface area contributed by atoms with Gasteiger partial charge in [-0.1, -0.05) is 30.3 Å². The number of aromatic carboxylic acids is 1. The Hall–Kier alpha value is -4.10. The fourth-order valence-corrected chi connectivity index (χ4v) is 8.41. The molecule has 0 aromatic heterocycles. The zero-order chi connectivity index (χ0) is 34.7. The van der Waals surface area contributed by atoms with Crippen LogP contribution in [0.15, 0.2) is 69.6 Å². The smallest absolute Gasteiger partial charge is 0.335 e. The molecular weight excluding hydrogens is 756 g/mol. The molecule has 5 amide bonds. The summed E-state index contributed by atoms with van der Waals surface area (Å²) in [6.07, 6.45) is 3.71. The van der Waals surface area contributed by atoms with Crippen molar-refractivity contribution >= 4 is 67.2 Å². The minimum absolute atomic E-state index is 0.0118. The molecule has 0 unspecified atom stereocenters. The van der Waals surface area contributed by atoms with Crippen molar-refractivity contribution in [3.63, 3.8) is 0 Å². The molecule has 3 heterocycles. The summed E-state index contributed by atoms with van der Waals surface area (Å²) in [5, 5.41) is 15.5. The van der Waals surface area contributed by atoms with Gasteiger partial charge in [0.15, 0.2) is 0 Å². The lowest BCUT2D eigenvalue weighted by Gasteiger charge is -2.39. The Morgan fingerprint density at radius 1 is 0.898 bits per heavy atom. The van der Waals surface area contributed by atoms with Crippen LogP contribution < -0.4 is 16.4 Å². The number of nitrogens with two attached hydrogens (primary N) is 1. The number of fused-ring (bicyclic) bond motifs is 1. The molecule has 2 saturated heterocycles. The second kappa shape index (κ2) is 15.2. The molecule has 6 rings (SSSR count). The van der Waals surface area contributed by atoms with Crippen LogP contribution in [-0.4, -0.2) is 88.6 Å². The third-order valence-electron chi connectivity index (χ3n) is 9.92. The highest BCUT2D eigenvalue weighted by atomic mass is 79.9. The van der Waals surface area contributed by atoms with Crippen molar-refractivity contribution in [2.45, 2.75) is 56.5 Å². The van der Waals surface area contributed by atoms with Crippen LogP contribution in [0.4, 0.5) is 21.0 Å². The zero-order valence-electron chi connectivity index (χ0n) is 27.0. The summed E-state index contributed by atoms with van der Waals surface area (Å²) < 4.78 is 1.39. The van der Waals surface area contributed by atoms with E-state index in [1.165, 1.54) is 0 Å². The van der Waals surface area contributed by atoms with Gasteiger partial charge in [-0.2, -0.15) is 0 Å². The largest absolute Gasteiger partial charge is 0.478 e. The fourth-order valence-electron chi connectivity index (χ4n) is 7.13. The third kappa shape index (κ3) is 8.04. The van der Waals surface area contributed by atoms with E-state index in [0.717, 1.165) is 28.8 Å². The van der Waals surface area contributed by atoms with Gasteiger partial charge in [0.25, 0.3) is 0 Å². The van der Waals surface area contributed by atoms with Crippen LogP contribution in [0.1, 0.15) is 58.6 Å². The van der Waals surface area contributed by atoms with E-state index in [1.54, 1.807) is 28.0 Å². The van der Waals surface area contributed by atoms with E-state index in [-0.39, 0.29) is 41.9 Å². The minimum atomic E-state index is -0.961. The molecule has 0 saturated carbocycles. The number of likely N-dealkylation sites (tertiary alicyclic amines) is 2. The number of hydrogen-bond donors (Lipinski definition) is 4. The van der Waals surface area contributed by atoms with E-state index in [0.29, 0.717) is 73.0 Å². The average Bonchev–Trinajstić information content (AvgIpc) is 3.28. The van der Waals surface area contributed by atoms with E-state index >= 15 is 0 Å². The van der Waals surface area contributed by atoms with Gasteiger partial charge in [0.1, 0.15) is 6.04 Å². The lowest BCUT2D eigenvalue weighted by molar-refractivity contribution is -0.134. The number of amides is 5. The highest BCUT2D eigenvalue weighted by Gasteiger charge is 2.34. The normalized spacial score (nSPS) is 17.9. The van der Waals surface area contributed by atoms with Gasteiger partial charge in [0.2, 0.25) is 5.91 Å². The van der Waals surface area contributed by atoms with Gasteiger partial charge in [-0.3, -0.25) is 4.79 Å². The Morgan fingerprint density at radius 3 is 2.27 bits per heavy atom. The van der Waals surface area contributed by atoms with Gasteiger partial charge in [-0.05, 0) is 117 Å². The standard InChI is InChI=1S/C36H40Br2N6O5/c37-28-18-22(19-29(38)32(28)39)20-31(33(45)42-13-8-23(9-14-42)25-5-3-6-26(21-25)34(46)47)41-35(48)43-15-11-27(12-16-43)44-17-10-24-4-1-2-7-30(24)40-36(44)49/h1-7,18-19,21,23,27,31H,8-17,20,39H2,(H,40,49)(H,41,48)(H,46,47)/t31-/m1/s1. The highest BCUT2D eigenvalue weighted by Crippen LogP contribution is 2.32. The maximum atomic E-state index is 14.1. The molecule has 13 heteroatoms. The van der Waals surface area contributed by atoms with Crippen LogP contribution in [-0.2, 0) is 17.6 Å². The third-order valence-corrected chi connectivity index (χ3v) is 11.2. The number of para-hydroxylation sites is 1. The number of rotatable bonds is 7. The topological polar surface area (TPSA) is 148 Å². The Labute approximate surface area is 302 Å². The monoisotopic (exact) mass is 794 g/mol. The van der Waals surface area contributed by atoms with Crippen LogP contribution in [0.5, 0.6) is 0 Å². The summed E-state index contributed by atoms with van der Waals surface area (Å²) in [6.45, 7) is 2.54. The van der Waals surface area contributed by atoms with Crippen molar-refractivity contribution in [3.8, 4) is 0 Å². The lowest BCUT2D eigenvalue weighted by atomic mass is 9.88. The molecule has 3 aliphatic heterocycles. The molecule has 3 aromatic carbocycles. The zero-order valence-corrected chi connectivity index (χ0v) is 30.2. The minimum Gasteiger partial charge on any atom is -0.478 e. The molecule has 0 spiro atoms. The number of carboxylic acids is 1. The number of carbonyl (C=O) groups is 4. The summed E-state index contributed by atoms with van der Waals surface area (Å²) in [6, 6.07) is 17.4. The average molecular weight is 797 g/mol. The Bertz CT molecular complexity index is 1720. The molecule has 258 valence electrons. The highest BCUT2D eigenvalue weighted by molar-refractivity contribution is 9.11. The molecule has 1 atom stereocenters. The second-order valence-electron chi connectivity index (χ2n) is 13.0. The lowest BCUT2D eigenvalue weighted by Crippen LogP contribution is -2.56. The van der Waals surface area contributed by atoms with Crippen LogP contribution in [0.25, 0.3) is 0 Å². The predicted octanol–water partition coefficient (Wildman–Crippen LogP) is 6.07. The number of carbonyl (C=O) groups excluding carboxylic acids is 3. The summed E-state index contributed by atoms with van der Waals surface area (Å²) in [5.74, 6) is -0.982. The molecule has 5 N–H and O–H groups in total. The van der Waals surface area contributed by atoms with Gasteiger partial charge >= 0.3 is 18.0 Å². The van der Waals surface area contributed by atoms with Gasteiger partial charge in [-0.25, -0.2) is 14.4 Å². The maximum absolute atomic E-state index is 14.1. The van der Waals surface area contributed by atoms with Crippen LogP contribution >= 0.6 is 31.9 Å². The fraction of sp³-hybridized carbons (Fsp3) is 0.389. The first-order chi connectivity index (χ1) is 23.6. The summed E-state index contributed by atoms with van der Waals surface area (Å²) >= 11 is 7.00. The molecule has 3 aliphatic rings. The van der Waals surface area contributed by atoms with Crippen molar-refractivity contribution in [2.24, 2.45) is 0 Å². The first-order valence-electron chi connectivity index (χ1n) is 16.6. The van der Waals surface area contributed by atoms with Gasteiger partial charge < -0.3 is 36.2 Å². The van der Waals surface area contributed by atoms with Crippen molar-refractivity contribution in [3.05, 3.63) is 91.9 Å². The van der Waals surface area contributed by atoms with E-state index in [9.17, 15) is 24.3 Å². The molecule has 0 radical (unpaired) electrons. The van der Waals surface area contributed by atoms with E-state index < -0.39 is 12.0 Å². The second-order valence-corrected chi connectivity index (χ2v) is 14.7. The molecule has 2 fully saturated rings.